The molecule has 3 aromatic rings. The summed E-state index contributed by atoms with van der Waals surface area (Å²) < 4.78 is 21.1. The Kier molecular flexibility index (Phi) is 13.4. The normalized spacial score (nSPS) is 10.0. The third-order valence-electron chi connectivity index (χ3n) is 3.85. The fraction of sp³-hybridized carbons (Fsp3) is 0.364. The number of imidazole rings is 1. The van der Waals surface area contributed by atoms with Crippen LogP contribution < -0.4 is 5.73 Å². The van der Waals surface area contributed by atoms with Gasteiger partial charge in [0.1, 0.15) is 11.5 Å². The molecule has 0 unspecified atom stereocenters. The molecule has 3 aromatic heterocycles. The Morgan fingerprint density at radius 3 is 2.12 bits per heavy atom. The van der Waals surface area contributed by atoms with E-state index in [2.05, 4.69) is 35.4 Å². The van der Waals surface area contributed by atoms with Crippen molar-refractivity contribution in [3.63, 3.8) is 0 Å². The number of hydrogen-bond acceptors (Lipinski definition) is 9. The smallest absolute Gasteiger partial charge is 0.339 e. The Bertz CT molecular complexity index is 974. The van der Waals surface area contributed by atoms with Crippen molar-refractivity contribution < 1.29 is 28.5 Å². The number of ether oxygens (including phenoxy) is 4. The van der Waals surface area contributed by atoms with E-state index in [1.54, 1.807) is 47.3 Å². The van der Waals surface area contributed by atoms with Crippen molar-refractivity contribution >= 4 is 39.3 Å². The number of carbonyl (C=O) groups is 2. The Hall–Kier alpha value is -3.02. The summed E-state index contributed by atoms with van der Waals surface area (Å²) in [6.07, 6.45) is 6.45. The number of methoxy groups -OCH3 is 2. The van der Waals surface area contributed by atoms with E-state index in [1.165, 1.54) is 20.4 Å². The molecule has 0 spiro atoms. The van der Waals surface area contributed by atoms with Crippen LogP contribution in [-0.2, 0) is 18.9 Å². The molecule has 0 saturated heterocycles. The first kappa shape index (κ1) is 28.0. The highest BCUT2D eigenvalue weighted by molar-refractivity contribution is 9.09. The van der Waals surface area contributed by atoms with Crippen LogP contribution >= 0.6 is 15.9 Å². The number of nitrogens with two attached hydrogens (primary N) is 1. The molecule has 0 amide bonds. The van der Waals surface area contributed by atoms with Crippen molar-refractivity contribution in [2.24, 2.45) is 0 Å². The van der Waals surface area contributed by atoms with Gasteiger partial charge in [-0.2, -0.15) is 0 Å². The molecule has 10 nitrogen and oxygen atoms in total. The number of pyridine rings is 2. The predicted octanol–water partition coefficient (Wildman–Crippen LogP) is 3.35. The molecule has 2 N–H and O–H groups in total. The first-order chi connectivity index (χ1) is 15.9. The third-order valence-corrected chi connectivity index (χ3v) is 4.38. The van der Waals surface area contributed by atoms with Gasteiger partial charge >= 0.3 is 11.9 Å². The number of halogens is 1. The summed E-state index contributed by atoms with van der Waals surface area (Å²) in [4.78, 5) is 29.7. The Labute approximate surface area is 201 Å². The van der Waals surface area contributed by atoms with Crippen molar-refractivity contribution in [1.29, 1.82) is 0 Å². The maximum Gasteiger partial charge on any atom is 0.339 e. The number of alkyl halides is 1. The maximum absolute atomic E-state index is 11.1. The Balaban J connectivity index is 0.000000253. The molecule has 0 bridgehead atoms. The lowest BCUT2D eigenvalue weighted by molar-refractivity contribution is -0.119. The molecule has 0 fully saturated rings. The topological polar surface area (TPSA) is 127 Å². The fourth-order valence-corrected chi connectivity index (χ4v) is 2.69. The SMILES string of the molecule is CCOC(CBr)OCC.COC(=O)c1ccc(N)nc1.COC(=O)c1ccc2nccn2c1. The summed E-state index contributed by atoms with van der Waals surface area (Å²) in [5.74, 6) is -0.356. The number of nitrogens with zero attached hydrogens (tertiary/aromatic N) is 3. The molecular formula is C22H29BrN4O6. The van der Waals surface area contributed by atoms with E-state index in [-0.39, 0.29) is 12.3 Å². The fourth-order valence-electron chi connectivity index (χ4n) is 2.31. The van der Waals surface area contributed by atoms with Crippen LogP contribution in [-0.4, -0.2) is 65.4 Å². The number of anilines is 1. The van der Waals surface area contributed by atoms with Gasteiger partial charge < -0.3 is 29.1 Å². The van der Waals surface area contributed by atoms with Gasteiger partial charge in [-0.05, 0) is 38.1 Å². The van der Waals surface area contributed by atoms with E-state index in [4.69, 9.17) is 15.2 Å². The molecular weight excluding hydrogens is 496 g/mol. The molecule has 33 heavy (non-hydrogen) atoms. The molecule has 0 atom stereocenters. The molecule has 0 aliphatic rings. The van der Waals surface area contributed by atoms with Crippen LogP contribution in [0.25, 0.3) is 5.65 Å². The van der Waals surface area contributed by atoms with Gasteiger partial charge in [0.25, 0.3) is 0 Å². The number of hydrogen-bond donors (Lipinski definition) is 1. The minimum atomic E-state index is -0.405. The summed E-state index contributed by atoms with van der Waals surface area (Å²) >= 11 is 3.27. The molecule has 0 aliphatic carbocycles. The highest BCUT2D eigenvalue weighted by Crippen LogP contribution is 2.05. The molecule has 0 aliphatic heterocycles. The summed E-state index contributed by atoms with van der Waals surface area (Å²) in [6.45, 7) is 5.32. The lowest BCUT2D eigenvalue weighted by atomic mass is 10.3. The van der Waals surface area contributed by atoms with E-state index in [0.717, 1.165) is 11.0 Å². The number of aromatic nitrogens is 3. The van der Waals surface area contributed by atoms with E-state index in [9.17, 15) is 9.59 Å². The molecule has 0 aromatic carbocycles. The predicted molar refractivity (Wildman–Crippen MR) is 127 cm³/mol. The molecule has 0 radical (unpaired) electrons. The van der Waals surface area contributed by atoms with E-state index in [1.807, 2.05) is 13.8 Å². The summed E-state index contributed by atoms with van der Waals surface area (Å²) in [5.41, 5.74) is 7.04. The van der Waals surface area contributed by atoms with Crippen molar-refractivity contribution in [3.05, 3.63) is 60.2 Å². The van der Waals surface area contributed by atoms with Crippen LogP contribution in [0, 0.1) is 0 Å². The lowest BCUT2D eigenvalue weighted by Crippen LogP contribution is -2.18. The van der Waals surface area contributed by atoms with Crippen molar-refractivity contribution in [2.45, 2.75) is 20.1 Å². The van der Waals surface area contributed by atoms with Gasteiger partial charge in [0.2, 0.25) is 0 Å². The van der Waals surface area contributed by atoms with Crippen molar-refractivity contribution in [2.75, 3.05) is 38.5 Å². The van der Waals surface area contributed by atoms with Gasteiger partial charge in [-0.25, -0.2) is 19.6 Å². The van der Waals surface area contributed by atoms with Crippen LogP contribution in [0.3, 0.4) is 0 Å². The second kappa shape index (κ2) is 15.7. The van der Waals surface area contributed by atoms with Gasteiger partial charge in [-0.1, -0.05) is 15.9 Å². The average Bonchev–Trinajstić information content (AvgIpc) is 3.32. The van der Waals surface area contributed by atoms with Crippen molar-refractivity contribution in [1.82, 2.24) is 14.4 Å². The first-order valence-corrected chi connectivity index (χ1v) is 11.1. The highest BCUT2D eigenvalue weighted by Gasteiger charge is 2.05. The van der Waals surface area contributed by atoms with Crippen LogP contribution in [0.15, 0.2) is 49.1 Å². The molecule has 11 heteroatoms. The number of carbonyl (C=O) groups excluding carboxylic acids is 2. The van der Waals surface area contributed by atoms with E-state index >= 15 is 0 Å². The van der Waals surface area contributed by atoms with Gasteiger partial charge in [0.15, 0.2) is 6.29 Å². The number of esters is 2. The highest BCUT2D eigenvalue weighted by atomic mass is 79.9. The number of nitrogen functional groups attached to an aromatic ring is 1. The monoisotopic (exact) mass is 524 g/mol. The molecule has 180 valence electrons. The second-order valence-corrected chi connectivity index (χ2v) is 6.71. The maximum atomic E-state index is 11.1. The van der Waals surface area contributed by atoms with Crippen LogP contribution in [0.4, 0.5) is 5.82 Å². The first-order valence-electron chi connectivity index (χ1n) is 10.00. The quantitative estimate of drug-likeness (QED) is 0.281. The molecule has 3 heterocycles. The van der Waals surface area contributed by atoms with Gasteiger partial charge in [0, 0.05) is 38.0 Å². The van der Waals surface area contributed by atoms with E-state index < -0.39 is 5.97 Å². The van der Waals surface area contributed by atoms with Crippen molar-refractivity contribution in [3.8, 4) is 0 Å². The zero-order chi connectivity index (χ0) is 24.6. The Morgan fingerprint density at radius 2 is 1.61 bits per heavy atom. The van der Waals surface area contributed by atoms with Crippen LogP contribution in [0.2, 0.25) is 0 Å². The second-order valence-electron chi connectivity index (χ2n) is 6.06. The number of fused-ring (bicyclic) bond motifs is 1. The molecule has 0 saturated carbocycles. The zero-order valence-corrected chi connectivity index (χ0v) is 20.6. The third kappa shape index (κ3) is 9.98. The molecule has 3 rings (SSSR count). The summed E-state index contributed by atoms with van der Waals surface area (Å²) in [5, 5.41) is 0.745. The van der Waals surface area contributed by atoms with Gasteiger partial charge in [-0.3, -0.25) is 0 Å². The Morgan fingerprint density at radius 1 is 1.00 bits per heavy atom. The minimum Gasteiger partial charge on any atom is -0.465 e. The van der Waals surface area contributed by atoms with Gasteiger partial charge in [-0.15, -0.1) is 0 Å². The zero-order valence-electron chi connectivity index (χ0n) is 19.1. The standard InChI is InChI=1S/C9H8N2O2.C7H8N2O2.C6H13BrO2/c1-13-9(12)7-2-3-8-10-4-5-11(8)6-7;1-11-7(10)5-2-3-6(8)9-4-5;1-3-8-6(5-7)9-4-2/h2-6H,1H3;2-4H,1H3,(H2,8,9);6H,3-5H2,1-2H3. The largest absolute Gasteiger partial charge is 0.465 e. The summed E-state index contributed by atoms with van der Waals surface area (Å²) in [6, 6.07) is 6.57. The minimum absolute atomic E-state index is 0.0694. The van der Waals surface area contributed by atoms with E-state index in [0.29, 0.717) is 30.2 Å². The lowest BCUT2D eigenvalue weighted by Gasteiger charge is -2.12. The number of rotatable bonds is 7. The average molecular weight is 525 g/mol. The van der Waals surface area contributed by atoms with Crippen LogP contribution in [0.1, 0.15) is 34.6 Å². The van der Waals surface area contributed by atoms with Crippen LogP contribution in [0.5, 0.6) is 0 Å². The van der Waals surface area contributed by atoms with Gasteiger partial charge in [0.05, 0.1) is 30.7 Å². The summed E-state index contributed by atoms with van der Waals surface area (Å²) in [7, 11) is 2.68.